The van der Waals surface area contributed by atoms with E-state index >= 15 is 0 Å². The van der Waals surface area contributed by atoms with Gasteiger partial charge in [-0.05, 0) is 12.0 Å². The van der Waals surface area contributed by atoms with Crippen LogP contribution in [-0.4, -0.2) is 4.86 Å². The molecule has 0 radical (unpaired) electrons. The molecule has 0 bridgehead atoms. The first-order valence-electron chi connectivity index (χ1n) is 4.22. The molecule has 1 atom stereocenters. The van der Waals surface area contributed by atoms with Crippen molar-refractivity contribution in [2.45, 2.75) is 13.3 Å². The van der Waals surface area contributed by atoms with Gasteiger partial charge in [-0.25, -0.2) is 0 Å². The molecular formula is C11H11NS. The molecule has 1 rings (SSSR count). The van der Waals surface area contributed by atoms with Crippen LogP contribution in [0.2, 0.25) is 0 Å². The molecule has 1 unspecified atom stereocenters. The second-order valence-corrected chi connectivity index (χ2v) is 3.51. The molecule has 0 aromatic heterocycles. The molecule has 0 N–H and O–H groups in total. The topological polar surface area (TPSA) is 23.8 Å². The molecule has 0 aliphatic rings. The molecular weight excluding hydrogens is 178 g/mol. The Bertz CT molecular complexity index is 324. The fourth-order valence-corrected chi connectivity index (χ4v) is 1.25. The largest absolute Gasteiger partial charge is 0.192 e. The van der Waals surface area contributed by atoms with Crippen molar-refractivity contribution in [3.05, 3.63) is 35.9 Å². The number of hydrogen-bond donors (Lipinski definition) is 0. The molecule has 0 fully saturated rings. The van der Waals surface area contributed by atoms with Crippen LogP contribution in [0.4, 0.5) is 0 Å². The van der Waals surface area contributed by atoms with Crippen LogP contribution in [0.5, 0.6) is 0 Å². The normalized spacial score (nSPS) is 11.7. The minimum Gasteiger partial charge on any atom is -0.192 e. The maximum absolute atomic E-state index is 8.59. The lowest BCUT2D eigenvalue weighted by Gasteiger charge is -2.06. The van der Waals surface area contributed by atoms with Gasteiger partial charge in [0, 0.05) is 5.92 Å². The molecule has 1 nitrogen and oxygen atoms in total. The van der Waals surface area contributed by atoms with Crippen molar-refractivity contribution in [1.82, 2.24) is 0 Å². The van der Waals surface area contributed by atoms with Crippen LogP contribution in [0, 0.1) is 17.2 Å². The van der Waals surface area contributed by atoms with Crippen molar-refractivity contribution in [3.8, 4) is 6.07 Å². The molecule has 1 aromatic carbocycles. The Labute approximate surface area is 84.0 Å². The first-order valence-corrected chi connectivity index (χ1v) is 4.62. The van der Waals surface area contributed by atoms with Gasteiger partial charge >= 0.3 is 0 Å². The Kier molecular flexibility index (Phi) is 3.60. The summed E-state index contributed by atoms with van der Waals surface area (Å²) in [6.07, 6.45) is 0.854. The Morgan fingerprint density at radius 3 is 2.62 bits per heavy atom. The summed E-state index contributed by atoms with van der Waals surface area (Å²) in [4.78, 5) is 0.490. The maximum Gasteiger partial charge on any atom is 0.107 e. The SMILES string of the molecule is CC(Cc1ccccc1)C(=S)C#N. The average molecular weight is 189 g/mol. The van der Waals surface area contributed by atoms with E-state index in [0.717, 1.165) is 6.42 Å². The maximum atomic E-state index is 8.59. The summed E-state index contributed by atoms with van der Waals surface area (Å²) in [5, 5.41) is 8.59. The van der Waals surface area contributed by atoms with Crippen LogP contribution in [0.15, 0.2) is 30.3 Å². The van der Waals surface area contributed by atoms with Gasteiger partial charge in [-0.15, -0.1) is 0 Å². The number of thiocarbonyl (C=S) groups is 1. The number of rotatable bonds is 3. The van der Waals surface area contributed by atoms with Gasteiger partial charge in [0.2, 0.25) is 0 Å². The van der Waals surface area contributed by atoms with Crippen LogP contribution in [0.1, 0.15) is 12.5 Å². The molecule has 0 heterocycles. The fraction of sp³-hybridized carbons (Fsp3) is 0.273. The van der Waals surface area contributed by atoms with Gasteiger partial charge in [-0.1, -0.05) is 49.5 Å². The first-order chi connectivity index (χ1) is 6.24. The van der Waals surface area contributed by atoms with Gasteiger partial charge < -0.3 is 0 Å². The molecule has 66 valence electrons. The van der Waals surface area contributed by atoms with E-state index in [9.17, 15) is 0 Å². The van der Waals surface area contributed by atoms with Crippen LogP contribution < -0.4 is 0 Å². The van der Waals surface area contributed by atoms with Gasteiger partial charge in [0.25, 0.3) is 0 Å². The van der Waals surface area contributed by atoms with Gasteiger partial charge in [0.1, 0.15) is 6.07 Å². The summed E-state index contributed by atoms with van der Waals surface area (Å²) in [5.41, 5.74) is 1.23. The number of hydrogen-bond acceptors (Lipinski definition) is 2. The summed E-state index contributed by atoms with van der Waals surface area (Å²) >= 11 is 4.92. The number of benzene rings is 1. The Morgan fingerprint density at radius 2 is 2.08 bits per heavy atom. The second-order valence-electron chi connectivity index (χ2n) is 3.07. The quantitative estimate of drug-likeness (QED) is 0.683. The molecule has 2 heteroatoms. The highest BCUT2D eigenvalue weighted by Crippen LogP contribution is 2.09. The molecule has 0 saturated heterocycles. The van der Waals surface area contributed by atoms with Crippen LogP contribution in [0.25, 0.3) is 0 Å². The van der Waals surface area contributed by atoms with Crippen molar-refractivity contribution in [1.29, 1.82) is 5.26 Å². The molecule has 0 amide bonds. The monoisotopic (exact) mass is 189 g/mol. The Hall–Kier alpha value is -1.20. The van der Waals surface area contributed by atoms with Gasteiger partial charge in [0.05, 0.1) is 4.86 Å². The van der Waals surface area contributed by atoms with Crippen LogP contribution >= 0.6 is 12.2 Å². The predicted molar refractivity (Wildman–Crippen MR) is 57.5 cm³/mol. The third kappa shape index (κ3) is 2.96. The average Bonchev–Trinajstić information content (AvgIpc) is 2.18. The van der Waals surface area contributed by atoms with E-state index in [1.54, 1.807) is 0 Å². The van der Waals surface area contributed by atoms with Crippen molar-refractivity contribution in [3.63, 3.8) is 0 Å². The van der Waals surface area contributed by atoms with Crippen molar-refractivity contribution in [2.24, 2.45) is 5.92 Å². The zero-order valence-electron chi connectivity index (χ0n) is 7.53. The van der Waals surface area contributed by atoms with Crippen molar-refractivity contribution >= 4 is 17.1 Å². The Morgan fingerprint density at radius 1 is 1.46 bits per heavy atom. The van der Waals surface area contributed by atoms with Gasteiger partial charge in [-0.3, -0.25) is 0 Å². The summed E-state index contributed by atoms with van der Waals surface area (Å²) in [5.74, 6) is 0.169. The lowest BCUT2D eigenvalue weighted by molar-refractivity contribution is 0.782. The van der Waals surface area contributed by atoms with E-state index in [1.807, 2.05) is 31.2 Å². The molecule has 0 saturated carbocycles. The van der Waals surface area contributed by atoms with Crippen molar-refractivity contribution < 1.29 is 0 Å². The van der Waals surface area contributed by atoms with E-state index in [4.69, 9.17) is 17.5 Å². The lowest BCUT2D eigenvalue weighted by Crippen LogP contribution is -2.08. The standard InChI is InChI=1S/C11H11NS/c1-9(11(13)8-12)7-10-5-3-2-4-6-10/h2-6,9H,7H2,1H3. The fourth-order valence-electron chi connectivity index (χ4n) is 1.17. The smallest absolute Gasteiger partial charge is 0.107 e. The predicted octanol–water partition coefficient (Wildman–Crippen LogP) is 2.76. The third-order valence-corrected chi connectivity index (χ3v) is 2.44. The zero-order chi connectivity index (χ0) is 9.68. The van der Waals surface area contributed by atoms with E-state index in [0.29, 0.717) is 4.86 Å². The summed E-state index contributed by atoms with van der Waals surface area (Å²) in [7, 11) is 0. The zero-order valence-corrected chi connectivity index (χ0v) is 8.34. The molecule has 1 aromatic rings. The van der Waals surface area contributed by atoms with E-state index in [2.05, 4.69) is 12.1 Å². The van der Waals surface area contributed by atoms with Crippen LogP contribution in [0.3, 0.4) is 0 Å². The molecule has 0 spiro atoms. The highest BCUT2D eigenvalue weighted by Gasteiger charge is 2.07. The summed E-state index contributed by atoms with van der Waals surface area (Å²) in [6.45, 7) is 1.98. The molecule has 0 aliphatic carbocycles. The molecule has 0 aliphatic heterocycles. The first kappa shape index (κ1) is 9.88. The highest BCUT2D eigenvalue weighted by molar-refractivity contribution is 7.81. The number of nitrogens with zero attached hydrogens (tertiary/aromatic N) is 1. The second kappa shape index (κ2) is 4.74. The van der Waals surface area contributed by atoms with E-state index < -0.39 is 0 Å². The van der Waals surface area contributed by atoms with E-state index in [-0.39, 0.29) is 5.92 Å². The van der Waals surface area contributed by atoms with Crippen molar-refractivity contribution in [2.75, 3.05) is 0 Å². The lowest BCUT2D eigenvalue weighted by atomic mass is 9.99. The summed E-state index contributed by atoms with van der Waals surface area (Å²) < 4.78 is 0. The summed E-state index contributed by atoms with van der Waals surface area (Å²) in [6, 6.07) is 12.1. The Balaban J connectivity index is 2.61. The van der Waals surface area contributed by atoms with Gasteiger partial charge in [-0.2, -0.15) is 5.26 Å². The molecule has 13 heavy (non-hydrogen) atoms. The number of nitriles is 1. The highest BCUT2D eigenvalue weighted by atomic mass is 32.1. The third-order valence-electron chi connectivity index (χ3n) is 1.94. The van der Waals surface area contributed by atoms with Crippen LogP contribution in [-0.2, 0) is 6.42 Å². The minimum absolute atomic E-state index is 0.169. The van der Waals surface area contributed by atoms with E-state index in [1.165, 1.54) is 5.56 Å². The minimum atomic E-state index is 0.169. The van der Waals surface area contributed by atoms with Gasteiger partial charge in [0.15, 0.2) is 0 Å².